The van der Waals surface area contributed by atoms with Crippen LogP contribution in [0.5, 0.6) is 5.88 Å². The third kappa shape index (κ3) is 5.55. The van der Waals surface area contributed by atoms with Gasteiger partial charge >= 0.3 is 15.5 Å². The van der Waals surface area contributed by atoms with Crippen molar-refractivity contribution in [3.8, 4) is 5.88 Å². The first-order valence-electron chi connectivity index (χ1n) is 8.13. The van der Waals surface area contributed by atoms with Crippen LogP contribution in [0.15, 0.2) is 16.7 Å². The Balaban J connectivity index is 2.09. The summed E-state index contributed by atoms with van der Waals surface area (Å²) in [5.74, 6) is -0.367. The van der Waals surface area contributed by atoms with Gasteiger partial charge in [0, 0.05) is 29.9 Å². The van der Waals surface area contributed by atoms with Crippen LogP contribution in [0.4, 0.5) is 13.2 Å². The van der Waals surface area contributed by atoms with Crippen LogP contribution in [0.1, 0.15) is 30.1 Å². The van der Waals surface area contributed by atoms with Crippen LogP contribution in [0.25, 0.3) is 0 Å². The minimum absolute atomic E-state index is 0.0298. The summed E-state index contributed by atoms with van der Waals surface area (Å²) in [7, 11) is -4.53. The summed E-state index contributed by atoms with van der Waals surface area (Å²) in [6, 6.07) is 0.251. The molecule has 1 heterocycles. The molecule has 0 radical (unpaired) electrons. The minimum Gasteiger partial charge on any atom is -0.476 e. The molecule has 158 valence electrons. The number of rotatable bonds is 9. The number of ether oxygens (including phenoxy) is 2. The largest absolute Gasteiger partial charge is 0.511 e. The molecule has 1 N–H and O–H groups in total. The third-order valence-electron chi connectivity index (χ3n) is 3.81. The molecule has 0 aliphatic heterocycles. The van der Waals surface area contributed by atoms with E-state index in [1.54, 1.807) is 0 Å². The molecular formula is C15H19BrF3N3O5S. The SMILES string of the molecule is COCN([C@@H](C)COc1cc(C(=O)NC2CC2)c(Br)cn1)S(=O)(=O)C(F)(F)F. The van der Waals surface area contributed by atoms with E-state index in [4.69, 9.17) is 4.74 Å². The fraction of sp³-hybridized carbons (Fsp3) is 0.600. The number of carbonyl (C=O) groups is 1. The second-order valence-corrected chi connectivity index (χ2v) is 8.90. The molecule has 8 nitrogen and oxygen atoms in total. The van der Waals surface area contributed by atoms with Gasteiger partial charge in [-0.15, -0.1) is 0 Å². The fourth-order valence-electron chi connectivity index (χ4n) is 2.15. The fourth-order valence-corrected chi connectivity index (χ4v) is 3.59. The van der Waals surface area contributed by atoms with E-state index in [0.717, 1.165) is 20.0 Å². The van der Waals surface area contributed by atoms with E-state index in [1.165, 1.54) is 19.2 Å². The van der Waals surface area contributed by atoms with Crippen molar-refractivity contribution in [3.05, 3.63) is 22.3 Å². The molecule has 0 unspecified atom stereocenters. The smallest absolute Gasteiger partial charge is 0.476 e. The van der Waals surface area contributed by atoms with Crippen molar-refractivity contribution in [2.75, 3.05) is 20.4 Å². The quantitative estimate of drug-likeness (QED) is 0.534. The van der Waals surface area contributed by atoms with Gasteiger partial charge in [-0.1, -0.05) is 0 Å². The van der Waals surface area contributed by atoms with E-state index in [-0.39, 0.29) is 27.7 Å². The Morgan fingerprint density at radius 3 is 2.64 bits per heavy atom. The molecule has 1 fully saturated rings. The molecule has 0 saturated heterocycles. The number of nitrogens with one attached hydrogen (secondary N) is 1. The molecule has 2 rings (SSSR count). The Morgan fingerprint density at radius 2 is 2.11 bits per heavy atom. The van der Waals surface area contributed by atoms with E-state index in [9.17, 15) is 26.4 Å². The van der Waals surface area contributed by atoms with Gasteiger partial charge < -0.3 is 14.8 Å². The van der Waals surface area contributed by atoms with Crippen LogP contribution < -0.4 is 10.1 Å². The maximum atomic E-state index is 12.8. The lowest BCUT2D eigenvalue weighted by Gasteiger charge is -2.27. The molecule has 0 bridgehead atoms. The Kier molecular flexibility index (Phi) is 7.28. The number of alkyl halides is 3. The normalized spacial score (nSPS) is 16.1. The Bertz CT molecular complexity index is 818. The van der Waals surface area contributed by atoms with Crippen molar-refractivity contribution in [2.45, 2.75) is 37.4 Å². The maximum Gasteiger partial charge on any atom is 0.511 e. The van der Waals surface area contributed by atoms with Crippen LogP contribution in [-0.2, 0) is 14.8 Å². The Morgan fingerprint density at radius 1 is 1.46 bits per heavy atom. The number of methoxy groups -OCH3 is 1. The lowest BCUT2D eigenvalue weighted by atomic mass is 10.2. The Hall–Kier alpha value is -1.44. The number of halogens is 4. The summed E-state index contributed by atoms with van der Waals surface area (Å²) in [5.41, 5.74) is -5.22. The second-order valence-electron chi connectivity index (χ2n) is 6.17. The van der Waals surface area contributed by atoms with Crippen LogP contribution in [0.2, 0.25) is 0 Å². The van der Waals surface area contributed by atoms with Crippen LogP contribution >= 0.6 is 15.9 Å². The highest BCUT2D eigenvalue weighted by molar-refractivity contribution is 9.10. The lowest BCUT2D eigenvalue weighted by molar-refractivity contribution is -0.0546. The first kappa shape index (κ1) is 22.8. The van der Waals surface area contributed by atoms with E-state index >= 15 is 0 Å². The van der Waals surface area contributed by atoms with E-state index < -0.39 is 34.9 Å². The molecule has 1 aromatic rings. The minimum atomic E-state index is -5.60. The highest BCUT2D eigenvalue weighted by Gasteiger charge is 2.51. The molecule has 1 aliphatic rings. The average Bonchev–Trinajstić information content (AvgIpc) is 3.41. The monoisotopic (exact) mass is 489 g/mol. The van der Waals surface area contributed by atoms with Crippen LogP contribution in [-0.4, -0.2) is 61.7 Å². The third-order valence-corrected chi connectivity index (χ3v) is 6.11. The molecule has 0 aromatic carbocycles. The number of sulfonamides is 1. The number of hydrogen-bond donors (Lipinski definition) is 1. The molecule has 1 amide bonds. The van der Waals surface area contributed by atoms with E-state index in [0.29, 0.717) is 4.47 Å². The van der Waals surface area contributed by atoms with Gasteiger partial charge in [-0.3, -0.25) is 4.79 Å². The molecule has 1 aliphatic carbocycles. The first-order chi connectivity index (χ1) is 13.0. The molecule has 0 spiro atoms. The van der Waals surface area contributed by atoms with Crippen molar-refractivity contribution in [3.63, 3.8) is 0 Å². The molecule has 1 saturated carbocycles. The van der Waals surface area contributed by atoms with Crippen LogP contribution in [0, 0.1) is 0 Å². The zero-order chi connectivity index (χ0) is 21.1. The highest BCUT2D eigenvalue weighted by Crippen LogP contribution is 2.28. The van der Waals surface area contributed by atoms with Gasteiger partial charge in [-0.25, -0.2) is 13.4 Å². The molecular weight excluding hydrogens is 471 g/mol. The standard InChI is InChI=1S/C15H19BrF3N3O5S/c1-9(22(8-26-2)28(24,25)15(17,18)19)7-27-13-5-11(12(16)6-20-13)14(23)21-10-3-4-10/h5-6,9-10H,3-4,7-8H2,1-2H3,(H,21,23)/t9-/m0/s1. The average molecular weight is 490 g/mol. The van der Waals surface area contributed by atoms with E-state index in [1.807, 2.05) is 0 Å². The van der Waals surface area contributed by atoms with Crippen molar-refractivity contribution < 1.29 is 35.9 Å². The van der Waals surface area contributed by atoms with Gasteiger partial charge in [0.15, 0.2) is 0 Å². The topological polar surface area (TPSA) is 97.8 Å². The summed E-state index contributed by atoms with van der Waals surface area (Å²) < 4.78 is 72.4. The van der Waals surface area contributed by atoms with Crippen LogP contribution in [0.3, 0.4) is 0 Å². The number of aromatic nitrogens is 1. The number of carbonyl (C=O) groups excluding carboxylic acids is 1. The zero-order valence-electron chi connectivity index (χ0n) is 15.0. The summed E-state index contributed by atoms with van der Waals surface area (Å²) in [6.07, 6.45) is 3.12. The Labute approximate surface area is 168 Å². The number of pyridine rings is 1. The predicted octanol–water partition coefficient (Wildman–Crippen LogP) is 2.26. The molecule has 13 heteroatoms. The number of hydrogen-bond acceptors (Lipinski definition) is 6. The van der Waals surface area contributed by atoms with Gasteiger partial charge in [-0.05, 0) is 35.7 Å². The van der Waals surface area contributed by atoms with Gasteiger partial charge in [0.1, 0.15) is 13.3 Å². The zero-order valence-corrected chi connectivity index (χ0v) is 17.4. The second kappa shape index (κ2) is 8.93. The summed E-state index contributed by atoms with van der Waals surface area (Å²) >= 11 is 3.21. The summed E-state index contributed by atoms with van der Waals surface area (Å²) in [5, 5.41) is 2.79. The maximum absolute atomic E-state index is 12.8. The van der Waals surface area contributed by atoms with Crippen molar-refractivity contribution >= 4 is 31.9 Å². The van der Waals surface area contributed by atoms with Gasteiger partial charge in [0.05, 0.1) is 11.6 Å². The van der Waals surface area contributed by atoms with Crippen molar-refractivity contribution in [1.29, 1.82) is 0 Å². The molecule has 1 aromatic heterocycles. The van der Waals surface area contributed by atoms with Crippen molar-refractivity contribution in [1.82, 2.24) is 14.6 Å². The molecule has 1 atom stereocenters. The van der Waals surface area contributed by atoms with E-state index in [2.05, 4.69) is 31.0 Å². The van der Waals surface area contributed by atoms with Gasteiger partial charge in [0.2, 0.25) is 5.88 Å². The first-order valence-corrected chi connectivity index (χ1v) is 10.4. The summed E-state index contributed by atoms with van der Waals surface area (Å²) in [4.78, 5) is 16.1. The number of amides is 1. The molecule has 28 heavy (non-hydrogen) atoms. The number of nitrogens with zero attached hydrogens (tertiary/aromatic N) is 2. The summed E-state index contributed by atoms with van der Waals surface area (Å²) in [6.45, 7) is 0.00798. The van der Waals surface area contributed by atoms with Gasteiger partial charge in [-0.2, -0.15) is 17.5 Å². The predicted molar refractivity (Wildman–Crippen MR) is 96.1 cm³/mol. The lowest BCUT2D eigenvalue weighted by Crippen LogP contribution is -2.48. The highest BCUT2D eigenvalue weighted by atomic mass is 79.9. The van der Waals surface area contributed by atoms with Crippen molar-refractivity contribution in [2.24, 2.45) is 0 Å². The van der Waals surface area contributed by atoms with Gasteiger partial charge in [0.25, 0.3) is 5.91 Å².